The standard InChI is InChI=1S/C13H22N2O2S2/c1-10(2)13(6-7-13)9-15-19(16,17)12-5-4-11(18-12)8-14-3/h4-5,10,14-15H,6-9H2,1-3H3. The van der Waals surface area contributed by atoms with Gasteiger partial charge in [-0.05, 0) is 43.4 Å². The van der Waals surface area contributed by atoms with E-state index in [1.807, 2.05) is 13.1 Å². The highest BCUT2D eigenvalue weighted by atomic mass is 32.2. The van der Waals surface area contributed by atoms with Crippen LogP contribution in [0.5, 0.6) is 0 Å². The molecule has 1 fully saturated rings. The fourth-order valence-corrected chi connectivity index (χ4v) is 4.75. The maximum Gasteiger partial charge on any atom is 0.250 e. The quantitative estimate of drug-likeness (QED) is 0.811. The molecular weight excluding hydrogens is 280 g/mol. The van der Waals surface area contributed by atoms with Crippen LogP contribution in [0, 0.1) is 11.3 Å². The average molecular weight is 302 g/mol. The van der Waals surface area contributed by atoms with Crippen LogP contribution in [0.1, 0.15) is 31.6 Å². The van der Waals surface area contributed by atoms with Crippen molar-refractivity contribution in [1.82, 2.24) is 10.0 Å². The molecule has 0 spiro atoms. The Balaban J connectivity index is 2.01. The van der Waals surface area contributed by atoms with Gasteiger partial charge in [-0.1, -0.05) is 13.8 Å². The summed E-state index contributed by atoms with van der Waals surface area (Å²) in [6.45, 7) is 5.59. The van der Waals surface area contributed by atoms with Gasteiger partial charge in [0.05, 0.1) is 0 Å². The Morgan fingerprint density at radius 2 is 2.05 bits per heavy atom. The first-order chi connectivity index (χ1) is 8.89. The molecule has 1 aromatic rings. The molecule has 6 heteroatoms. The minimum atomic E-state index is -3.34. The SMILES string of the molecule is CNCc1ccc(S(=O)(=O)NCC2(C(C)C)CC2)s1. The molecular formula is C13H22N2O2S2. The largest absolute Gasteiger partial charge is 0.315 e. The zero-order valence-electron chi connectivity index (χ0n) is 11.7. The van der Waals surface area contributed by atoms with Crippen molar-refractivity contribution in [1.29, 1.82) is 0 Å². The highest BCUT2D eigenvalue weighted by Gasteiger charge is 2.45. The zero-order valence-corrected chi connectivity index (χ0v) is 13.3. The molecule has 2 N–H and O–H groups in total. The maximum absolute atomic E-state index is 12.2. The van der Waals surface area contributed by atoms with Crippen molar-refractivity contribution < 1.29 is 8.42 Å². The summed E-state index contributed by atoms with van der Waals surface area (Å²) in [4.78, 5) is 1.04. The van der Waals surface area contributed by atoms with Crippen molar-refractivity contribution in [2.45, 2.75) is 37.4 Å². The summed E-state index contributed by atoms with van der Waals surface area (Å²) in [6.07, 6.45) is 2.26. The summed E-state index contributed by atoms with van der Waals surface area (Å²) in [6, 6.07) is 3.56. The van der Waals surface area contributed by atoms with E-state index in [1.54, 1.807) is 6.07 Å². The molecule has 19 heavy (non-hydrogen) atoms. The minimum absolute atomic E-state index is 0.193. The van der Waals surface area contributed by atoms with Crippen LogP contribution in [0.4, 0.5) is 0 Å². The van der Waals surface area contributed by atoms with E-state index in [4.69, 9.17) is 0 Å². The normalized spacial score (nSPS) is 17.9. The van der Waals surface area contributed by atoms with Gasteiger partial charge < -0.3 is 5.32 Å². The van der Waals surface area contributed by atoms with Gasteiger partial charge >= 0.3 is 0 Å². The third-order valence-corrected chi connectivity index (χ3v) is 6.96. The molecule has 0 unspecified atom stereocenters. The Labute approximate surface area is 119 Å². The van der Waals surface area contributed by atoms with Crippen molar-refractivity contribution in [3.8, 4) is 0 Å². The fraction of sp³-hybridized carbons (Fsp3) is 0.692. The van der Waals surface area contributed by atoms with Crippen LogP contribution >= 0.6 is 11.3 Å². The lowest BCUT2D eigenvalue weighted by molar-refractivity contribution is 0.357. The van der Waals surface area contributed by atoms with E-state index < -0.39 is 10.0 Å². The number of hydrogen-bond donors (Lipinski definition) is 2. The molecule has 0 bridgehead atoms. The Kier molecular flexibility index (Phi) is 4.35. The smallest absolute Gasteiger partial charge is 0.250 e. The van der Waals surface area contributed by atoms with Crippen molar-refractivity contribution in [2.75, 3.05) is 13.6 Å². The number of nitrogens with one attached hydrogen (secondary N) is 2. The topological polar surface area (TPSA) is 58.2 Å². The van der Waals surface area contributed by atoms with Crippen LogP contribution in [0.25, 0.3) is 0 Å². The second-order valence-electron chi connectivity index (χ2n) is 5.59. The number of hydrogen-bond acceptors (Lipinski definition) is 4. The molecule has 0 aromatic carbocycles. The van der Waals surface area contributed by atoms with Gasteiger partial charge in [-0.25, -0.2) is 13.1 Å². The van der Waals surface area contributed by atoms with E-state index in [0.717, 1.165) is 17.7 Å². The van der Waals surface area contributed by atoms with Gasteiger partial charge in [-0.2, -0.15) is 0 Å². The third-order valence-electron chi connectivity index (χ3n) is 3.98. The molecule has 1 heterocycles. The van der Waals surface area contributed by atoms with Crippen molar-refractivity contribution in [3.63, 3.8) is 0 Å². The molecule has 0 aliphatic heterocycles. The molecule has 1 aromatic heterocycles. The van der Waals surface area contributed by atoms with Crippen LogP contribution in [0.15, 0.2) is 16.3 Å². The number of rotatable bonds is 7. The van der Waals surface area contributed by atoms with Crippen LogP contribution in [-0.2, 0) is 16.6 Å². The lowest BCUT2D eigenvalue weighted by Crippen LogP contribution is -2.32. The predicted octanol–water partition coefficient (Wildman–Crippen LogP) is 2.18. The molecule has 4 nitrogen and oxygen atoms in total. The summed E-state index contributed by atoms with van der Waals surface area (Å²) in [5.41, 5.74) is 0.193. The maximum atomic E-state index is 12.2. The molecule has 0 atom stereocenters. The molecule has 1 aliphatic carbocycles. The molecule has 2 rings (SSSR count). The second-order valence-corrected chi connectivity index (χ2v) is 8.75. The Hall–Kier alpha value is -0.430. The first kappa shape index (κ1) is 15.0. The average Bonchev–Trinajstić information content (AvgIpc) is 3.00. The highest BCUT2D eigenvalue weighted by molar-refractivity contribution is 7.91. The van der Waals surface area contributed by atoms with E-state index in [1.165, 1.54) is 11.3 Å². The fourth-order valence-electron chi connectivity index (χ4n) is 2.20. The van der Waals surface area contributed by atoms with Crippen molar-refractivity contribution >= 4 is 21.4 Å². The van der Waals surface area contributed by atoms with E-state index in [2.05, 4.69) is 23.9 Å². The van der Waals surface area contributed by atoms with Crippen molar-refractivity contribution in [2.24, 2.45) is 11.3 Å². The van der Waals surface area contributed by atoms with Gasteiger partial charge in [0.1, 0.15) is 4.21 Å². The lowest BCUT2D eigenvalue weighted by atomic mass is 9.93. The van der Waals surface area contributed by atoms with Crippen LogP contribution < -0.4 is 10.0 Å². The Morgan fingerprint density at radius 3 is 2.58 bits per heavy atom. The molecule has 108 valence electrons. The number of sulfonamides is 1. The van der Waals surface area contributed by atoms with E-state index in [9.17, 15) is 8.42 Å². The summed E-state index contributed by atoms with van der Waals surface area (Å²) < 4.78 is 27.6. The van der Waals surface area contributed by atoms with Gasteiger partial charge in [-0.15, -0.1) is 11.3 Å². The summed E-state index contributed by atoms with van der Waals surface area (Å²) in [5.74, 6) is 0.526. The monoisotopic (exact) mass is 302 g/mol. The molecule has 0 saturated heterocycles. The van der Waals surface area contributed by atoms with Gasteiger partial charge in [0, 0.05) is 18.0 Å². The van der Waals surface area contributed by atoms with E-state index in [0.29, 0.717) is 23.2 Å². The van der Waals surface area contributed by atoms with Crippen LogP contribution in [-0.4, -0.2) is 22.0 Å². The van der Waals surface area contributed by atoms with Crippen molar-refractivity contribution in [3.05, 3.63) is 17.0 Å². The van der Waals surface area contributed by atoms with Gasteiger partial charge in [0.2, 0.25) is 10.0 Å². The Morgan fingerprint density at radius 1 is 1.37 bits per heavy atom. The molecule has 0 amide bonds. The van der Waals surface area contributed by atoms with Crippen LogP contribution in [0.3, 0.4) is 0 Å². The van der Waals surface area contributed by atoms with Gasteiger partial charge in [0.25, 0.3) is 0 Å². The number of thiophene rings is 1. The predicted molar refractivity (Wildman–Crippen MR) is 78.8 cm³/mol. The zero-order chi connectivity index (χ0) is 14.1. The molecule has 0 radical (unpaired) electrons. The lowest BCUT2D eigenvalue weighted by Gasteiger charge is -2.19. The Bertz CT molecular complexity index is 531. The summed E-state index contributed by atoms with van der Waals surface area (Å²) in [5, 5.41) is 3.03. The second kappa shape index (κ2) is 5.52. The first-order valence-corrected chi connectivity index (χ1v) is 8.92. The van der Waals surface area contributed by atoms with E-state index in [-0.39, 0.29) is 5.41 Å². The first-order valence-electron chi connectivity index (χ1n) is 6.63. The molecule has 1 saturated carbocycles. The minimum Gasteiger partial charge on any atom is -0.315 e. The summed E-state index contributed by atoms with van der Waals surface area (Å²) >= 11 is 1.33. The van der Waals surface area contributed by atoms with Gasteiger partial charge in [-0.3, -0.25) is 0 Å². The summed E-state index contributed by atoms with van der Waals surface area (Å²) in [7, 11) is -1.49. The van der Waals surface area contributed by atoms with Crippen LogP contribution in [0.2, 0.25) is 0 Å². The third kappa shape index (κ3) is 3.37. The highest BCUT2D eigenvalue weighted by Crippen LogP contribution is 2.51. The van der Waals surface area contributed by atoms with E-state index >= 15 is 0 Å². The molecule has 1 aliphatic rings. The van der Waals surface area contributed by atoms with Gasteiger partial charge in [0.15, 0.2) is 0 Å².